The van der Waals surface area contributed by atoms with Crippen LogP contribution in [0.4, 0.5) is 0 Å². The van der Waals surface area contributed by atoms with E-state index >= 15 is 0 Å². The summed E-state index contributed by atoms with van der Waals surface area (Å²) in [5, 5.41) is 9.04. The first-order chi connectivity index (χ1) is 9.70. The van der Waals surface area contributed by atoms with E-state index in [2.05, 4.69) is 38.4 Å². The number of hydrogen-bond donors (Lipinski definition) is 0. The van der Waals surface area contributed by atoms with Gasteiger partial charge in [-0.15, -0.1) is 5.10 Å². The van der Waals surface area contributed by atoms with E-state index in [4.69, 9.17) is 11.6 Å². The number of nitrogens with zero attached hydrogens (tertiary/aromatic N) is 3. The molecule has 0 aliphatic carbocycles. The van der Waals surface area contributed by atoms with E-state index in [0.717, 1.165) is 15.7 Å². The zero-order valence-corrected chi connectivity index (χ0v) is 12.8. The molecule has 0 saturated heterocycles. The molecule has 2 aromatic carbocycles. The lowest BCUT2D eigenvalue weighted by atomic mass is 10.2. The lowest BCUT2D eigenvalue weighted by Gasteiger charge is -2.00. The lowest BCUT2D eigenvalue weighted by Crippen LogP contribution is -1.99. The van der Waals surface area contributed by atoms with Crippen molar-refractivity contribution in [3.05, 3.63) is 69.8 Å². The largest absolute Gasteiger partial charge is 0.247 e. The minimum absolute atomic E-state index is 0.695. The number of halogens is 2. The van der Waals surface area contributed by atoms with E-state index in [9.17, 15) is 0 Å². The number of benzene rings is 2. The second kappa shape index (κ2) is 5.77. The lowest BCUT2D eigenvalue weighted by molar-refractivity contribution is 0.650. The van der Waals surface area contributed by atoms with E-state index in [1.54, 1.807) is 0 Å². The summed E-state index contributed by atoms with van der Waals surface area (Å²) in [6.07, 6.45) is 1.92. The molecule has 0 N–H and O–H groups in total. The summed E-state index contributed by atoms with van der Waals surface area (Å²) in [5.74, 6) is 0. The van der Waals surface area contributed by atoms with E-state index < -0.39 is 0 Å². The molecule has 0 saturated carbocycles. The van der Waals surface area contributed by atoms with Gasteiger partial charge >= 0.3 is 0 Å². The van der Waals surface area contributed by atoms with Crippen LogP contribution in [-0.4, -0.2) is 15.0 Å². The highest BCUT2D eigenvalue weighted by Crippen LogP contribution is 2.20. The van der Waals surface area contributed by atoms with Crippen LogP contribution < -0.4 is 0 Å². The Morgan fingerprint density at radius 2 is 1.90 bits per heavy atom. The quantitative estimate of drug-likeness (QED) is 0.702. The maximum absolute atomic E-state index is 5.99. The Hall–Kier alpha value is -1.65. The molecule has 5 heteroatoms. The molecule has 0 bridgehead atoms. The molecule has 1 heterocycles. The fraction of sp³-hybridized carbons (Fsp3) is 0.0667. The molecule has 0 radical (unpaired) electrons. The summed E-state index contributed by atoms with van der Waals surface area (Å²) in [6, 6.07) is 15.8. The molecule has 0 atom stereocenters. The van der Waals surface area contributed by atoms with Crippen LogP contribution >= 0.6 is 27.5 Å². The molecule has 20 heavy (non-hydrogen) atoms. The summed E-state index contributed by atoms with van der Waals surface area (Å²) < 4.78 is 2.89. The third-order valence-electron chi connectivity index (χ3n) is 2.92. The van der Waals surface area contributed by atoms with Crippen LogP contribution in [0.3, 0.4) is 0 Å². The predicted octanol–water partition coefficient (Wildman–Crippen LogP) is 4.41. The van der Waals surface area contributed by atoms with Crippen molar-refractivity contribution in [2.75, 3.05) is 0 Å². The van der Waals surface area contributed by atoms with Crippen LogP contribution in [0, 0.1) is 0 Å². The molecule has 1 aromatic heterocycles. The van der Waals surface area contributed by atoms with Crippen molar-refractivity contribution in [1.29, 1.82) is 0 Å². The van der Waals surface area contributed by atoms with E-state index in [-0.39, 0.29) is 0 Å². The summed E-state index contributed by atoms with van der Waals surface area (Å²) >= 11 is 9.41. The monoisotopic (exact) mass is 347 g/mol. The van der Waals surface area contributed by atoms with Gasteiger partial charge in [-0.3, -0.25) is 0 Å². The van der Waals surface area contributed by atoms with Crippen molar-refractivity contribution in [2.24, 2.45) is 0 Å². The minimum atomic E-state index is 0.695. The Bertz CT molecular complexity index is 722. The molecule has 0 unspecified atom stereocenters. The smallest absolute Gasteiger partial charge is 0.113 e. The van der Waals surface area contributed by atoms with Crippen LogP contribution in [0.5, 0.6) is 0 Å². The van der Waals surface area contributed by atoms with Gasteiger partial charge < -0.3 is 0 Å². The first-order valence-electron chi connectivity index (χ1n) is 6.11. The van der Waals surface area contributed by atoms with Crippen LogP contribution in [0.1, 0.15) is 5.56 Å². The van der Waals surface area contributed by atoms with Gasteiger partial charge in [-0.25, -0.2) is 4.68 Å². The van der Waals surface area contributed by atoms with E-state index in [1.165, 1.54) is 5.56 Å². The second-order valence-corrected chi connectivity index (χ2v) is 5.79. The van der Waals surface area contributed by atoms with Gasteiger partial charge in [0.05, 0.1) is 12.7 Å². The third-order valence-corrected chi connectivity index (χ3v) is 3.68. The molecule has 3 nitrogen and oxygen atoms in total. The number of aromatic nitrogens is 3. The maximum atomic E-state index is 5.99. The summed E-state index contributed by atoms with van der Waals surface area (Å²) in [4.78, 5) is 0. The van der Waals surface area contributed by atoms with Crippen molar-refractivity contribution in [3.63, 3.8) is 0 Å². The van der Waals surface area contributed by atoms with Gasteiger partial charge in [-0.2, -0.15) is 0 Å². The van der Waals surface area contributed by atoms with Crippen molar-refractivity contribution >= 4 is 27.5 Å². The third kappa shape index (κ3) is 3.08. The van der Waals surface area contributed by atoms with Crippen LogP contribution in [0.15, 0.2) is 59.2 Å². The minimum Gasteiger partial charge on any atom is -0.247 e. The van der Waals surface area contributed by atoms with Crippen molar-refractivity contribution < 1.29 is 0 Å². The fourth-order valence-corrected chi connectivity index (χ4v) is 2.39. The van der Waals surface area contributed by atoms with E-state index in [0.29, 0.717) is 11.6 Å². The number of rotatable bonds is 3. The van der Waals surface area contributed by atoms with Gasteiger partial charge in [0.2, 0.25) is 0 Å². The highest BCUT2D eigenvalue weighted by Gasteiger charge is 2.05. The average molecular weight is 349 g/mol. The van der Waals surface area contributed by atoms with Crippen LogP contribution in [0.25, 0.3) is 11.3 Å². The average Bonchev–Trinajstić information content (AvgIpc) is 2.90. The van der Waals surface area contributed by atoms with E-state index in [1.807, 2.05) is 47.3 Å². The van der Waals surface area contributed by atoms with Gasteiger partial charge in [0.25, 0.3) is 0 Å². The van der Waals surface area contributed by atoms with Crippen molar-refractivity contribution in [2.45, 2.75) is 6.54 Å². The normalized spacial score (nSPS) is 10.7. The Morgan fingerprint density at radius 1 is 1.10 bits per heavy atom. The summed E-state index contributed by atoms with van der Waals surface area (Å²) in [6.45, 7) is 0.695. The van der Waals surface area contributed by atoms with Crippen LogP contribution in [-0.2, 0) is 6.54 Å². The second-order valence-electron chi connectivity index (χ2n) is 4.44. The molecule has 0 aliphatic heterocycles. The highest BCUT2D eigenvalue weighted by atomic mass is 79.9. The molecule has 0 amide bonds. The Labute approximate surface area is 130 Å². The summed E-state index contributed by atoms with van der Waals surface area (Å²) in [7, 11) is 0. The Kier molecular flexibility index (Phi) is 3.85. The molecular formula is C15H11BrClN3. The van der Waals surface area contributed by atoms with Gasteiger partial charge in [0, 0.05) is 15.1 Å². The maximum Gasteiger partial charge on any atom is 0.113 e. The van der Waals surface area contributed by atoms with Gasteiger partial charge in [0.1, 0.15) is 5.69 Å². The molecular weight excluding hydrogens is 338 g/mol. The fourth-order valence-electron chi connectivity index (χ4n) is 1.93. The molecule has 0 spiro atoms. The SMILES string of the molecule is Clc1cccc(-c2cn(Cc3ccc(Br)cc3)nn2)c1. The Morgan fingerprint density at radius 3 is 2.65 bits per heavy atom. The van der Waals surface area contributed by atoms with Crippen LogP contribution in [0.2, 0.25) is 5.02 Å². The van der Waals surface area contributed by atoms with Crippen molar-refractivity contribution in [3.8, 4) is 11.3 Å². The van der Waals surface area contributed by atoms with Gasteiger partial charge in [-0.05, 0) is 29.8 Å². The zero-order chi connectivity index (χ0) is 13.9. The van der Waals surface area contributed by atoms with Crippen molar-refractivity contribution in [1.82, 2.24) is 15.0 Å². The molecule has 3 rings (SSSR count). The standard InChI is InChI=1S/C15H11BrClN3/c16-13-6-4-11(5-7-13)9-20-10-15(18-19-20)12-2-1-3-14(17)8-12/h1-8,10H,9H2. The molecule has 3 aromatic rings. The first kappa shape index (κ1) is 13.3. The Balaban J connectivity index is 1.82. The predicted molar refractivity (Wildman–Crippen MR) is 83.7 cm³/mol. The highest BCUT2D eigenvalue weighted by molar-refractivity contribution is 9.10. The van der Waals surface area contributed by atoms with Gasteiger partial charge in [0.15, 0.2) is 0 Å². The summed E-state index contributed by atoms with van der Waals surface area (Å²) in [5.41, 5.74) is 2.97. The number of hydrogen-bond acceptors (Lipinski definition) is 2. The van der Waals surface area contributed by atoms with Gasteiger partial charge in [-0.1, -0.05) is 57.0 Å². The molecule has 100 valence electrons. The topological polar surface area (TPSA) is 30.7 Å². The first-order valence-corrected chi connectivity index (χ1v) is 7.28. The zero-order valence-electron chi connectivity index (χ0n) is 10.5. The molecule has 0 aliphatic rings. The molecule has 0 fully saturated rings.